The molecule has 0 aromatic carbocycles. The summed E-state index contributed by atoms with van der Waals surface area (Å²) < 4.78 is 5.27. The molecule has 0 saturated carbocycles. The minimum atomic E-state index is 0.902. The Morgan fingerprint density at radius 2 is 2.55 bits per heavy atom. The average molecular weight is 168 g/mol. The maximum atomic E-state index is 5.27. The average Bonchev–Trinajstić information content (AvgIpc) is 2.39. The van der Waals surface area contributed by atoms with Crippen LogP contribution in [0.1, 0.15) is 12.5 Å². The first-order valence-corrected chi connectivity index (χ1v) is 4.67. The van der Waals surface area contributed by atoms with Crippen LogP contribution in [0.25, 0.3) is 0 Å². The van der Waals surface area contributed by atoms with Crippen LogP contribution in [0.5, 0.6) is 0 Å². The van der Waals surface area contributed by atoms with Crippen molar-refractivity contribution in [3.63, 3.8) is 0 Å². The zero-order chi connectivity index (χ0) is 8.10. The molecule has 60 valence electrons. The topological polar surface area (TPSA) is 13.1 Å². The van der Waals surface area contributed by atoms with Crippen LogP contribution in [0, 0.1) is 0 Å². The van der Waals surface area contributed by atoms with Crippen LogP contribution in [-0.4, -0.2) is 5.75 Å². The molecule has 0 fully saturated rings. The van der Waals surface area contributed by atoms with Gasteiger partial charge in [-0.3, -0.25) is 0 Å². The summed E-state index contributed by atoms with van der Waals surface area (Å²) in [5.41, 5.74) is 1.24. The monoisotopic (exact) mass is 168 g/mol. The van der Waals surface area contributed by atoms with Gasteiger partial charge in [0.15, 0.2) is 5.09 Å². The van der Waals surface area contributed by atoms with Gasteiger partial charge >= 0.3 is 0 Å². The van der Waals surface area contributed by atoms with Crippen LogP contribution in [0.3, 0.4) is 0 Å². The number of rotatable bonds is 4. The van der Waals surface area contributed by atoms with E-state index in [1.807, 2.05) is 12.1 Å². The van der Waals surface area contributed by atoms with Crippen molar-refractivity contribution in [1.82, 2.24) is 0 Å². The molecule has 0 aliphatic carbocycles. The summed E-state index contributed by atoms with van der Waals surface area (Å²) in [4.78, 5) is 0. The van der Waals surface area contributed by atoms with Crippen molar-refractivity contribution in [1.29, 1.82) is 0 Å². The molecule has 0 amide bonds. The minimum absolute atomic E-state index is 0.902. The van der Waals surface area contributed by atoms with E-state index in [4.69, 9.17) is 4.42 Å². The Kier molecular flexibility index (Phi) is 3.30. The lowest BCUT2D eigenvalue weighted by molar-refractivity contribution is 0.469. The molecule has 1 nitrogen and oxygen atoms in total. The lowest BCUT2D eigenvalue weighted by Gasteiger charge is -1.95. The van der Waals surface area contributed by atoms with Crippen LogP contribution >= 0.6 is 11.8 Å². The molecular formula is C9H12OS. The Balaban J connectivity index is 2.69. The number of furan rings is 1. The molecule has 1 aromatic rings. The van der Waals surface area contributed by atoms with Crippen LogP contribution in [0.2, 0.25) is 0 Å². The highest BCUT2D eigenvalue weighted by Crippen LogP contribution is 2.23. The van der Waals surface area contributed by atoms with Gasteiger partial charge in [-0.1, -0.05) is 24.8 Å². The van der Waals surface area contributed by atoms with Crippen molar-refractivity contribution < 1.29 is 4.42 Å². The van der Waals surface area contributed by atoms with E-state index >= 15 is 0 Å². The molecule has 0 saturated heterocycles. The number of allylic oxidation sites excluding steroid dienone is 1. The fourth-order valence-electron chi connectivity index (χ4n) is 0.886. The van der Waals surface area contributed by atoms with Crippen LogP contribution < -0.4 is 0 Å². The summed E-state index contributed by atoms with van der Waals surface area (Å²) in [6.07, 6.45) is 4.53. The Bertz CT molecular complexity index is 227. The molecule has 0 aliphatic heterocycles. The first kappa shape index (κ1) is 8.47. The second-order valence-corrected chi connectivity index (χ2v) is 3.40. The van der Waals surface area contributed by atoms with Gasteiger partial charge < -0.3 is 4.42 Å². The highest BCUT2D eigenvalue weighted by Gasteiger charge is 2.02. The third-order valence-corrected chi connectivity index (χ3v) is 2.26. The Morgan fingerprint density at radius 1 is 1.73 bits per heavy atom. The van der Waals surface area contributed by atoms with Crippen LogP contribution in [0.15, 0.2) is 34.5 Å². The summed E-state index contributed by atoms with van der Waals surface area (Å²) in [5.74, 6) is 1.05. The lowest BCUT2D eigenvalue weighted by atomic mass is 10.2. The third kappa shape index (κ3) is 2.15. The molecule has 0 radical (unpaired) electrons. The fourth-order valence-corrected chi connectivity index (χ4v) is 1.61. The second kappa shape index (κ2) is 4.29. The predicted molar refractivity (Wildman–Crippen MR) is 49.0 cm³/mol. The van der Waals surface area contributed by atoms with E-state index in [-0.39, 0.29) is 0 Å². The lowest BCUT2D eigenvalue weighted by Crippen LogP contribution is -1.78. The first-order valence-electron chi connectivity index (χ1n) is 3.68. The third-order valence-electron chi connectivity index (χ3n) is 1.35. The number of hydrogen-bond acceptors (Lipinski definition) is 2. The molecular weight excluding hydrogens is 156 g/mol. The summed E-state index contributed by atoms with van der Waals surface area (Å²) in [6.45, 7) is 5.80. The maximum absolute atomic E-state index is 5.27. The molecule has 0 unspecified atom stereocenters. The second-order valence-electron chi connectivity index (χ2n) is 2.16. The minimum Gasteiger partial charge on any atom is -0.458 e. The molecule has 1 heterocycles. The van der Waals surface area contributed by atoms with Crippen molar-refractivity contribution in [2.45, 2.75) is 18.4 Å². The summed E-state index contributed by atoms with van der Waals surface area (Å²) >= 11 is 1.73. The van der Waals surface area contributed by atoms with Gasteiger partial charge in [-0.25, -0.2) is 0 Å². The summed E-state index contributed by atoms with van der Waals surface area (Å²) in [5, 5.41) is 1.03. The normalized spacial score (nSPS) is 9.91. The van der Waals surface area contributed by atoms with Crippen molar-refractivity contribution in [2.24, 2.45) is 0 Å². The molecule has 0 aliphatic rings. The van der Waals surface area contributed by atoms with E-state index in [0.29, 0.717) is 0 Å². The molecule has 11 heavy (non-hydrogen) atoms. The molecule has 0 atom stereocenters. The predicted octanol–water partition coefficient (Wildman–Crippen LogP) is 3.12. The van der Waals surface area contributed by atoms with Gasteiger partial charge in [0, 0.05) is 5.56 Å². The van der Waals surface area contributed by atoms with E-state index in [0.717, 1.165) is 17.3 Å². The quantitative estimate of drug-likeness (QED) is 0.506. The first-order chi connectivity index (χ1) is 5.38. The number of hydrogen-bond donors (Lipinski definition) is 0. The Hall–Kier alpha value is -0.630. The zero-order valence-electron chi connectivity index (χ0n) is 6.67. The molecule has 1 rings (SSSR count). The van der Waals surface area contributed by atoms with E-state index < -0.39 is 0 Å². The van der Waals surface area contributed by atoms with E-state index in [1.165, 1.54) is 5.56 Å². The molecule has 1 aromatic heterocycles. The largest absolute Gasteiger partial charge is 0.458 e. The molecule has 2 heteroatoms. The van der Waals surface area contributed by atoms with E-state index in [2.05, 4.69) is 13.5 Å². The SMILES string of the molecule is C=CCc1ccoc1SCC. The van der Waals surface area contributed by atoms with Gasteiger partial charge in [-0.15, -0.1) is 6.58 Å². The van der Waals surface area contributed by atoms with Gasteiger partial charge in [0.2, 0.25) is 0 Å². The van der Waals surface area contributed by atoms with Gasteiger partial charge in [0.05, 0.1) is 6.26 Å². The van der Waals surface area contributed by atoms with Crippen molar-refractivity contribution in [2.75, 3.05) is 5.75 Å². The van der Waals surface area contributed by atoms with Crippen molar-refractivity contribution in [3.8, 4) is 0 Å². The van der Waals surface area contributed by atoms with Crippen LogP contribution in [0.4, 0.5) is 0 Å². The number of thioether (sulfide) groups is 1. The summed E-state index contributed by atoms with van der Waals surface area (Å²) in [6, 6.07) is 2.00. The van der Waals surface area contributed by atoms with Gasteiger partial charge in [0.25, 0.3) is 0 Å². The van der Waals surface area contributed by atoms with E-state index in [9.17, 15) is 0 Å². The maximum Gasteiger partial charge on any atom is 0.163 e. The fraction of sp³-hybridized carbons (Fsp3) is 0.333. The van der Waals surface area contributed by atoms with Crippen LogP contribution in [-0.2, 0) is 6.42 Å². The summed E-state index contributed by atoms with van der Waals surface area (Å²) in [7, 11) is 0. The molecule has 0 spiro atoms. The zero-order valence-corrected chi connectivity index (χ0v) is 7.49. The Labute approximate surface area is 71.5 Å². The smallest absolute Gasteiger partial charge is 0.163 e. The van der Waals surface area contributed by atoms with Gasteiger partial charge in [-0.05, 0) is 18.2 Å². The van der Waals surface area contributed by atoms with Gasteiger partial charge in [0.1, 0.15) is 0 Å². The molecule has 0 N–H and O–H groups in total. The Morgan fingerprint density at radius 3 is 3.18 bits per heavy atom. The van der Waals surface area contributed by atoms with Gasteiger partial charge in [-0.2, -0.15) is 0 Å². The standard InChI is InChI=1S/C9H12OS/c1-3-5-8-6-7-10-9(8)11-4-2/h3,6-7H,1,4-5H2,2H3. The van der Waals surface area contributed by atoms with E-state index in [1.54, 1.807) is 18.0 Å². The highest BCUT2D eigenvalue weighted by molar-refractivity contribution is 7.99. The van der Waals surface area contributed by atoms with Crippen molar-refractivity contribution in [3.05, 3.63) is 30.5 Å². The highest BCUT2D eigenvalue weighted by atomic mass is 32.2. The van der Waals surface area contributed by atoms with Crippen molar-refractivity contribution >= 4 is 11.8 Å². The molecule has 0 bridgehead atoms.